The highest BCUT2D eigenvalue weighted by molar-refractivity contribution is 6.32. The van der Waals surface area contributed by atoms with Crippen LogP contribution in [0.3, 0.4) is 0 Å². The van der Waals surface area contributed by atoms with Gasteiger partial charge >= 0.3 is 0 Å². The number of hydrogen-bond donors (Lipinski definition) is 2. The third-order valence-electron chi connectivity index (χ3n) is 4.75. The van der Waals surface area contributed by atoms with Gasteiger partial charge in [-0.2, -0.15) is 0 Å². The number of nitrogens with one attached hydrogen (secondary N) is 2. The second kappa shape index (κ2) is 8.22. The largest absolute Gasteiger partial charge is 0.495 e. The Morgan fingerprint density at radius 2 is 2.04 bits per heavy atom. The molecule has 2 bridgehead atoms. The average molecular weight is 359 g/mol. The minimum atomic E-state index is 0. The van der Waals surface area contributed by atoms with Crippen LogP contribution in [0.5, 0.6) is 5.75 Å². The summed E-state index contributed by atoms with van der Waals surface area (Å²) in [6, 6.07) is 6.86. The SMILES string of the molecule is COc1ccc(CNC(=O)CC2CC3CCC(C2)N3)cc1Cl.Cl. The van der Waals surface area contributed by atoms with Crippen LogP contribution in [0, 0.1) is 5.92 Å². The summed E-state index contributed by atoms with van der Waals surface area (Å²) in [5.74, 6) is 1.32. The van der Waals surface area contributed by atoms with Gasteiger partial charge in [-0.05, 0) is 49.3 Å². The van der Waals surface area contributed by atoms with Crippen LogP contribution < -0.4 is 15.4 Å². The first-order valence-electron chi connectivity index (χ1n) is 7.99. The molecule has 3 rings (SSSR count). The first kappa shape index (κ1) is 18.4. The maximum Gasteiger partial charge on any atom is 0.220 e. The second-order valence-corrected chi connectivity index (χ2v) is 6.83. The summed E-state index contributed by atoms with van der Waals surface area (Å²) in [6.45, 7) is 0.514. The molecule has 2 unspecified atom stereocenters. The van der Waals surface area contributed by atoms with Gasteiger partial charge in [-0.3, -0.25) is 4.79 Å². The molecule has 1 aromatic carbocycles. The number of hydrogen-bond acceptors (Lipinski definition) is 3. The lowest BCUT2D eigenvalue weighted by atomic mass is 9.89. The number of piperidine rings is 1. The molecule has 2 aliphatic heterocycles. The van der Waals surface area contributed by atoms with Crippen LogP contribution in [0.2, 0.25) is 5.02 Å². The van der Waals surface area contributed by atoms with E-state index in [1.807, 2.05) is 18.2 Å². The lowest BCUT2D eigenvalue weighted by molar-refractivity contribution is -0.122. The summed E-state index contributed by atoms with van der Waals surface area (Å²) in [5.41, 5.74) is 0.990. The Morgan fingerprint density at radius 1 is 1.35 bits per heavy atom. The molecular weight excluding hydrogens is 335 g/mol. The molecule has 0 radical (unpaired) electrons. The topological polar surface area (TPSA) is 50.4 Å². The molecule has 0 spiro atoms. The minimum Gasteiger partial charge on any atom is -0.495 e. The number of amides is 1. The molecule has 2 saturated heterocycles. The van der Waals surface area contributed by atoms with Crippen molar-refractivity contribution in [3.63, 3.8) is 0 Å². The number of rotatable bonds is 5. The van der Waals surface area contributed by atoms with Gasteiger partial charge in [0.2, 0.25) is 5.91 Å². The fourth-order valence-electron chi connectivity index (χ4n) is 3.70. The number of methoxy groups -OCH3 is 1. The molecule has 1 aromatic rings. The molecule has 2 fully saturated rings. The monoisotopic (exact) mass is 358 g/mol. The fraction of sp³-hybridized carbons (Fsp3) is 0.588. The molecule has 23 heavy (non-hydrogen) atoms. The number of ether oxygens (including phenoxy) is 1. The highest BCUT2D eigenvalue weighted by Gasteiger charge is 2.34. The smallest absolute Gasteiger partial charge is 0.220 e. The molecule has 6 heteroatoms. The van der Waals surface area contributed by atoms with E-state index in [1.54, 1.807) is 7.11 Å². The lowest BCUT2D eigenvalue weighted by Gasteiger charge is -2.28. The molecule has 2 atom stereocenters. The standard InChI is InChI=1S/C17H23ClN2O2.ClH/c1-22-16-5-2-11(8-15(16)18)10-19-17(21)9-12-6-13-3-4-14(7-12)20-13;/h2,5,8,12-14,20H,3-4,6-7,9-10H2,1H3,(H,19,21);1H. The summed E-state index contributed by atoms with van der Waals surface area (Å²) in [6.07, 6.45) is 5.45. The third-order valence-corrected chi connectivity index (χ3v) is 5.05. The highest BCUT2D eigenvalue weighted by Crippen LogP contribution is 2.32. The Bertz CT molecular complexity index is 541. The first-order valence-corrected chi connectivity index (χ1v) is 8.37. The van der Waals surface area contributed by atoms with Crippen molar-refractivity contribution in [3.8, 4) is 5.75 Å². The van der Waals surface area contributed by atoms with Crippen molar-refractivity contribution in [2.75, 3.05) is 7.11 Å². The van der Waals surface area contributed by atoms with Gasteiger partial charge in [-0.1, -0.05) is 17.7 Å². The quantitative estimate of drug-likeness (QED) is 0.848. The van der Waals surface area contributed by atoms with E-state index >= 15 is 0 Å². The van der Waals surface area contributed by atoms with E-state index in [0.29, 0.717) is 41.7 Å². The van der Waals surface area contributed by atoms with Gasteiger partial charge in [0.05, 0.1) is 12.1 Å². The Kier molecular flexibility index (Phi) is 6.57. The van der Waals surface area contributed by atoms with Gasteiger partial charge in [0.25, 0.3) is 0 Å². The number of benzene rings is 1. The molecule has 1 amide bonds. The van der Waals surface area contributed by atoms with Gasteiger partial charge in [0.15, 0.2) is 0 Å². The maximum absolute atomic E-state index is 12.1. The minimum absolute atomic E-state index is 0. The summed E-state index contributed by atoms with van der Waals surface area (Å²) in [7, 11) is 1.59. The summed E-state index contributed by atoms with van der Waals surface area (Å²) < 4.78 is 5.13. The van der Waals surface area contributed by atoms with E-state index in [9.17, 15) is 4.79 Å². The Morgan fingerprint density at radius 3 is 2.65 bits per heavy atom. The maximum atomic E-state index is 12.1. The predicted octanol–water partition coefficient (Wildman–Crippen LogP) is 3.31. The van der Waals surface area contributed by atoms with Gasteiger partial charge < -0.3 is 15.4 Å². The Balaban J connectivity index is 0.00000192. The molecule has 128 valence electrons. The van der Waals surface area contributed by atoms with Gasteiger partial charge in [0, 0.05) is 25.0 Å². The number of fused-ring (bicyclic) bond motifs is 2. The van der Waals surface area contributed by atoms with E-state index < -0.39 is 0 Å². The van der Waals surface area contributed by atoms with E-state index in [2.05, 4.69) is 10.6 Å². The van der Waals surface area contributed by atoms with Crippen molar-refractivity contribution in [2.45, 2.75) is 50.7 Å². The zero-order chi connectivity index (χ0) is 15.5. The summed E-state index contributed by atoms with van der Waals surface area (Å²) in [5, 5.41) is 7.19. The van der Waals surface area contributed by atoms with E-state index in [4.69, 9.17) is 16.3 Å². The number of halogens is 2. The Hall–Kier alpha value is -0.970. The normalized spacial score (nSPS) is 25.6. The van der Waals surface area contributed by atoms with Crippen LogP contribution in [-0.4, -0.2) is 25.1 Å². The van der Waals surface area contributed by atoms with Crippen molar-refractivity contribution < 1.29 is 9.53 Å². The fourth-order valence-corrected chi connectivity index (χ4v) is 3.98. The van der Waals surface area contributed by atoms with Crippen molar-refractivity contribution in [1.29, 1.82) is 0 Å². The number of carbonyl (C=O) groups excluding carboxylic acids is 1. The predicted molar refractivity (Wildman–Crippen MR) is 94.4 cm³/mol. The Labute approximate surface area is 148 Å². The number of carbonyl (C=O) groups is 1. The first-order chi connectivity index (χ1) is 10.6. The molecule has 2 heterocycles. The molecule has 2 N–H and O–H groups in total. The van der Waals surface area contributed by atoms with Crippen LogP contribution >= 0.6 is 24.0 Å². The van der Waals surface area contributed by atoms with Gasteiger partial charge in [0.1, 0.15) is 5.75 Å². The van der Waals surface area contributed by atoms with Crippen LogP contribution in [0.25, 0.3) is 0 Å². The summed E-state index contributed by atoms with van der Waals surface area (Å²) >= 11 is 6.09. The lowest BCUT2D eigenvalue weighted by Crippen LogP contribution is -2.39. The summed E-state index contributed by atoms with van der Waals surface area (Å²) in [4.78, 5) is 12.1. The second-order valence-electron chi connectivity index (χ2n) is 6.43. The van der Waals surface area contributed by atoms with Crippen molar-refractivity contribution in [1.82, 2.24) is 10.6 Å². The van der Waals surface area contributed by atoms with Gasteiger partial charge in [-0.15, -0.1) is 12.4 Å². The molecule has 0 aliphatic carbocycles. The van der Waals surface area contributed by atoms with Crippen LogP contribution in [0.4, 0.5) is 0 Å². The van der Waals surface area contributed by atoms with Gasteiger partial charge in [-0.25, -0.2) is 0 Å². The molecular formula is C17H24Cl2N2O2. The molecule has 2 aliphatic rings. The van der Waals surface area contributed by atoms with Crippen molar-refractivity contribution >= 4 is 29.9 Å². The van der Waals surface area contributed by atoms with E-state index in [1.165, 1.54) is 12.8 Å². The zero-order valence-electron chi connectivity index (χ0n) is 13.3. The van der Waals surface area contributed by atoms with Crippen LogP contribution in [0.1, 0.15) is 37.7 Å². The van der Waals surface area contributed by atoms with Crippen molar-refractivity contribution in [3.05, 3.63) is 28.8 Å². The molecule has 0 aromatic heterocycles. The molecule has 0 saturated carbocycles. The van der Waals surface area contributed by atoms with Crippen LogP contribution in [0.15, 0.2) is 18.2 Å². The average Bonchev–Trinajstić information content (AvgIpc) is 2.84. The van der Waals surface area contributed by atoms with Crippen LogP contribution in [-0.2, 0) is 11.3 Å². The van der Waals surface area contributed by atoms with E-state index in [-0.39, 0.29) is 18.3 Å². The highest BCUT2D eigenvalue weighted by atomic mass is 35.5. The zero-order valence-corrected chi connectivity index (χ0v) is 14.9. The third kappa shape index (κ3) is 4.75. The molecule has 4 nitrogen and oxygen atoms in total. The van der Waals surface area contributed by atoms with E-state index in [0.717, 1.165) is 18.4 Å². The van der Waals surface area contributed by atoms with Crippen molar-refractivity contribution in [2.24, 2.45) is 5.92 Å².